The zero-order valence-electron chi connectivity index (χ0n) is 11.6. The first-order chi connectivity index (χ1) is 10.8. The Kier molecular flexibility index (Phi) is 5.41. The van der Waals surface area contributed by atoms with Gasteiger partial charge in [-0.1, -0.05) is 41.4 Å². The number of hydrogen-bond donors (Lipinski definition) is 0. The lowest BCUT2D eigenvalue weighted by Crippen LogP contribution is -2.00. The van der Waals surface area contributed by atoms with Crippen LogP contribution in [0.1, 0.15) is 11.1 Å². The predicted octanol–water partition coefficient (Wildman–Crippen LogP) is 4.49. The van der Waals surface area contributed by atoms with E-state index in [0.717, 1.165) is 5.41 Å². The number of nitro groups is 1. The van der Waals surface area contributed by atoms with E-state index in [9.17, 15) is 18.5 Å². The summed E-state index contributed by atoms with van der Waals surface area (Å²) < 4.78 is 24.2. The Morgan fingerprint density at radius 3 is 2.52 bits per heavy atom. The van der Waals surface area contributed by atoms with Crippen molar-refractivity contribution in [3.8, 4) is 0 Å². The minimum atomic E-state index is -3.58. The molecule has 23 heavy (non-hydrogen) atoms. The zero-order valence-corrected chi connectivity index (χ0v) is 14.0. The fraction of sp³-hybridized carbons (Fsp3) is 0.0667. The molecule has 0 aliphatic rings. The second-order valence-corrected chi connectivity index (χ2v) is 7.43. The molecular formula is C15H11Cl2NO4S. The van der Waals surface area contributed by atoms with Crippen LogP contribution in [0.3, 0.4) is 0 Å². The van der Waals surface area contributed by atoms with Gasteiger partial charge in [0.2, 0.25) is 0 Å². The van der Waals surface area contributed by atoms with Gasteiger partial charge in [0.1, 0.15) is 0 Å². The van der Waals surface area contributed by atoms with E-state index < -0.39 is 14.8 Å². The lowest BCUT2D eigenvalue weighted by atomic mass is 10.2. The summed E-state index contributed by atoms with van der Waals surface area (Å²) in [5.41, 5.74) is 0.745. The van der Waals surface area contributed by atoms with Gasteiger partial charge in [0.25, 0.3) is 5.69 Å². The summed E-state index contributed by atoms with van der Waals surface area (Å²) in [6, 6.07) is 10.3. The van der Waals surface area contributed by atoms with Crippen LogP contribution in [0.15, 0.2) is 47.9 Å². The minimum absolute atomic E-state index is 0.106. The lowest BCUT2D eigenvalue weighted by Gasteiger charge is -2.03. The zero-order chi connectivity index (χ0) is 17.0. The summed E-state index contributed by atoms with van der Waals surface area (Å²) in [6.07, 6.45) is 1.31. The van der Waals surface area contributed by atoms with Crippen LogP contribution in [0.2, 0.25) is 10.0 Å². The van der Waals surface area contributed by atoms with Crippen molar-refractivity contribution in [3.63, 3.8) is 0 Å². The summed E-state index contributed by atoms with van der Waals surface area (Å²) in [7, 11) is -3.58. The summed E-state index contributed by atoms with van der Waals surface area (Å²) in [5.74, 6) is -0.283. The van der Waals surface area contributed by atoms with E-state index in [0.29, 0.717) is 16.1 Å². The van der Waals surface area contributed by atoms with Gasteiger partial charge in [0, 0.05) is 27.6 Å². The molecular weight excluding hydrogens is 361 g/mol. The molecule has 0 spiro atoms. The molecule has 2 aromatic carbocycles. The molecule has 8 heteroatoms. The van der Waals surface area contributed by atoms with Crippen LogP contribution in [-0.2, 0) is 15.6 Å². The Bertz CT molecular complexity index is 879. The summed E-state index contributed by atoms with van der Waals surface area (Å²) in [6.45, 7) is 0. The Morgan fingerprint density at radius 1 is 1.13 bits per heavy atom. The van der Waals surface area contributed by atoms with Crippen molar-refractivity contribution in [2.75, 3.05) is 0 Å². The van der Waals surface area contributed by atoms with Gasteiger partial charge in [-0.25, -0.2) is 8.42 Å². The van der Waals surface area contributed by atoms with Gasteiger partial charge in [-0.05, 0) is 29.3 Å². The average Bonchev–Trinajstić information content (AvgIpc) is 2.48. The van der Waals surface area contributed by atoms with Crippen molar-refractivity contribution in [3.05, 3.63) is 79.2 Å². The van der Waals surface area contributed by atoms with E-state index in [1.165, 1.54) is 30.3 Å². The van der Waals surface area contributed by atoms with Gasteiger partial charge in [-0.3, -0.25) is 10.1 Å². The summed E-state index contributed by atoms with van der Waals surface area (Å²) in [4.78, 5) is 10.2. The van der Waals surface area contributed by atoms with Gasteiger partial charge in [-0.2, -0.15) is 0 Å². The molecule has 0 unspecified atom stereocenters. The maximum atomic E-state index is 12.1. The SMILES string of the molecule is O=[N+]([O-])c1cccc(C=CS(=O)(=O)Cc2ccc(Cl)cc2Cl)c1. The quantitative estimate of drug-likeness (QED) is 0.572. The standard InChI is InChI=1S/C15H11Cl2NO4S/c16-13-5-4-12(15(17)9-13)10-23(21,22)7-6-11-2-1-3-14(8-11)18(19)20/h1-9H,10H2. The normalized spacial score (nSPS) is 11.7. The van der Waals surface area contributed by atoms with E-state index in [1.54, 1.807) is 18.2 Å². The van der Waals surface area contributed by atoms with Crippen LogP contribution < -0.4 is 0 Å². The number of nitro benzene ring substituents is 1. The fourth-order valence-electron chi connectivity index (χ4n) is 1.83. The Balaban J connectivity index is 2.20. The minimum Gasteiger partial charge on any atom is -0.258 e. The Morgan fingerprint density at radius 2 is 1.87 bits per heavy atom. The summed E-state index contributed by atoms with van der Waals surface area (Å²) >= 11 is 11.7. The van der Waals surface area contributed by atoms with Crippen LogP contribution in [-0.4, -0.2) is 13.3 Å². The molecule has 2 aromatic rings. The molecule has 0 aliphatic carbocycles. The Labute approximate surface area is 143 Å². The van der Waals surface area contributed by atoms with Crippen molar-refractivity contribution < 1.29 is 13.3 Å². The number of nitrogens with zero attached hydrogens (tertiary/aromatic N) is 1. The third-order valence-corrected chi connectivity index (χ3v) is 4.77. The first kappa shape index (κ1) is 17.5. The highest BCUT2D eigenvalue weighted by Gasteiger charge is 2.12. The second kappa shape index (κ2) is 7.12. The molecule has 0 bridgehead atoms. The van der Waals surface area contributed by atoms with Crippen LogP contribution in [0, 0.1) is 10.1 Å². The monoisotopic (exact) mass is 371 g/mol. The highest BCUT2D eigenvalue weighted by atomic mass is 35.5. The van der Waals surface area contributed by atoms with Gasteiger partial charge < -0.3 is 0 Å². The number of halogens is 2. The molecule has 120 valence electrons. The van der Waals surface area contributed by atoms with E-state index in [4.69, 9.17) is 23.2 Å². The highest BCUT2D eigenvalue weighted by molar-refractivity contribution is 7.93. The summed E-state index contributed by atoms with van der Waals surface area (Å²) in [5, 5.41) is 12.4. The van der Waals surface area contributed by atoms with Crippen molar-refractivity contribution in [2.24, 2.45) is 0 Å². The molecule has 0 amide bonds. The number of sulfone groups is 1. The maximum absolute atomic E-state index is 12.1. The molecule has 0 atom stereocenters. The van der Waals surface area contributed by atoms with E-state index in [2.05, 4.69) is 0 Å². The van der Waals surface area contributed by atoms with E-state index in [1.807, 2.05) is 0 Å². The van der Waals surface area contributed by atoms with Crippen molar-refractivity contribution in [1.82, 2.24) is 0 Å². The molecule has 2 rings (SSSR count). The molecule has 0 aromatic heterocycles. The van der Waals surface area contributed by atoms with Crippen LogP contribution >= 0.6 is 23.2 Å². The van der Waals surface area contributed by atoms with Gasteiger partial charge >= 0.3 is 0 Å². The molecule has 5 nitrogen and oxygen atoms in total. The third kappa shape index (κ3) is 5.06. The largest absolute Gasteiger partial charge is 0.270 e. The van der Waals surface area contributed by atoms with Crippen LogP contribution in [0.4, 0.5) is 5.69 Å². The number of benzene rings is 2. The molecule has 0 N–H and O–H groups in total. The predicted molar refractivity (Wildman–Crippen MR) is 91.2 cm³/mol. The van der Waals surface area contributed by atoms with Crippen molar-refractivity contribution in [1.29, 1.82) is 0 Å². The first-order valence-corrected chi connectivity index (χ1v) is 8.83. The molecule has 0 fully saturated rings. The van der Waals surface area contributed by atoms with Gasteiger partial charge in [0.05, 0.1) is 10.7 Å². The lowest BCUT2D eigenvalue weighted by molar-refractivity contribution is -0.384. The molecule has 0 heterocycles. The average molecular weight is 372 g/mol. The van der Waals surface area contributed by atoms with Gasteiger partial charge in [0.15, 0.2) is 9.84 Å². The first-order valence-electron chi connectivity index (χ1n) is 6.36. The number of hydrogen-bond acceptors (Lipinski definition) is 4. The maximum Gasteiger partial charge on any atom is 0.270 e. The Hall–Kier alpha value is -1.89. The molecule has 0 saturated heterocycles. The van der Waals surface area contributed by atoms with Crippen molar-refractivity contribution in [2.45, 2.75) is 5.75 Å². The number of rotatable bonds is 5. The van der Waals surface area contributed by atoms with Gasteiger partial charge in [-0.15, -0.1) is 0 Å². The fourth-order valence-corrected chi connectivity index (χ4v) is 3.53. The topological polar surface area (TPSA) is 77.3 Å². The van der Waals surface area contributed by atoms with Crippen molar-refractivity contribution >= 4 is 44.8 Å². The molecule has 0 aliphatic heterocycles. The van der Waals surface area contributed by atoms with E-state index in [-0.39, 0.29) is 16.5 Å². The highest BCUT2D eigenvalue weighted by Crippen LogP contribution is 2.23. The number of non-ortho nitro benzene ring substituents is 1. The van der Waals surface area contributed by atoms with Crippen LogP contribution in [0.5, 0.6) is 0 Å². The molecule has 0 radical (unpaired) electrons. The smallest absolute Gasteiger partial charge is 0.258 e. The van der Waals surface area contributed by atoms with E-state index >= 15 is 0 Å². The van der Waals surface area contributed by atoms with Crippen LogP contribution in [0.25, 0.3) is 6.08 Å². The second-order valence-electron chi connectivity index (χ2n) is 4.70. The molecule has 0 saturated carbocycles. The third-order valence-electron chi connectivity index (χ3n) is 2.92.